The van der Waals surface area contributed by atoms with Crippen molar-refractivity contribution in [2.75, 3.05) is 0 Å². The van der Waals surface area contributed by atoms with E-state index in [1.54, 1.807) is 0 Å². The second-order valence-corrected chi connectivity index (χ2v) is 6.44. The predicted octanol–water partition coefficient (Wildman–Crippen LogP) is 5.09. The molecule has 108 valence electrons. The van der Waals surface area contributed by atoms with Crippen LogP contribution in [0, 0.1) is 0 Å². The maximum absolute atomic E-state index is 6.37. The van der Waals surface area contributed by atoms with E-state index >= 15 is 0 Å². The number of rotatable bonds is 6. The SMILES string of the molecule is CCc1nn(C)c(CCCC(Br)c2ccccc2)c1Cl. The monoisotopic (exact) mass is 354 g/mol. The van der Waals surface area contributed by atoms with Crippen LogP contribution in [0.15, 0.2) is 30.3 Å². The first-order valence-electron chi connectivity index (χ1n) is 7.02. The third-order valence-corrected chi connectivity index (χ3v) is 4.96. The van der Waals surface area contributed by atoms with E-state index in [-0.39, 0.29) is 0 Å². The molecule has 0 amide bonds. The van der Waals surface area contributed by atoms with Crippen molar-refractivity contribution in [1.29, 1.82) is 0 Å². The average molecular weight is 356 g/mol. The van der Waals surface area contributed by atoms with Gasteiger partial charge in [-0.25, -0.2) is 0 Å². The second kappa shape index (κ2) is 7.28. The highest BCUT2D eigenvalue weighted by Gasteiger charge is 2.13. The van der Waals surface area contributed by atoms with E-state index in [1.165, 1.54) is 5.56 Å². The largest absolute Gasteiger partial charge is 0.271 e. The maximum Gasteiger partial charge on any atom is 0.0849 e. The van der Waals surface area contributed by atoms with Gasteiger partial charge in [-0.1, -0.05) is 64.8 Å². The molecule has 0 radical (unpaired) electrons. The van der Waals surface area contributed by atoms with E-state index in [1.807, 2.05) is 17.8 Å². The zero-order valence-electron chi connectivity index (χ0n) is 11.9. The fourth-order valence-corrected chi connectivity index (χ4v) is 3.39. The number of hydrogen-bond acceptors (Lipinski definition) is 1. The van der Waals surface area contributed by atoms with Crippen molar-refractivity contribution in [3.63, 3.8) is 0 Å². The number of hydrogen-bond donors (Lipinski definition) is 0. The topological polar surface area (TPSA) is 17.8 Å². The number of aromatic nitrogens is 2. The van der Waals surface area contributed by atoms with Gasteiger partial charge in [0.1, 0.15) is 0 Å². The molecule has 0 aliphatic rings. The van der Waals surface area contributed by atoms with Crippen LogP contribution in [0.25, 0.3) is 0 Å². The highest BCUT2D eigenvalue weighted by atomic mass is 79.9. The van der Waals surface area contributed by atoms with Gasteiger partial charge in [0.05, 0.1) is 16.4 Å². The highest BCUT2D eigenvalue weighted by Crippen LogP contribution is 2.29. The summed E-state index contributed by atoms with van der Waals surface area (Å²) in [4.78, 5) is 0.404. The van der Waals surface area contributed by atoms with Gasteiger partial charge < -0.3 is 0 Å². The van der Waals surface area contributed by atoms with Gasteiger partial charge in [0.2, 0.25) is 0 Å². The van der Waals surface area contributed by atoms with Crippen molar-refractivity contribution in [2.45, 2.75) is 37.4 Å². The molecule has 0 fully saturated rings. The smallest absolute Gasteiger partial charge is 0.0849 e. The molecule has 0 spiro atoms. The maximum atomic E-state index is 6.37. The molecule has 2 aromatic rings. The van der Waals surface area contributed by atoms with E-state index in [0.717, 1.165) is 42.1 Å². The molecule has 0 aliphatic carbocycles. The minimum atomic E-state index is 0.404. The molecule has 0 saturated carbocycles. The van der Waals surface area contributed by atoms with Crippen molar-refractivity contribution in [3.8, 4) is 0 Å². The van der Waals surface area contributed by atoms with Gasteiger partial charge in [-0.3, -0.25) is 4.68 Å². The van der Waals surface area contributed by atoms with Gasteiger partial charge in [0, 0.05) is 11.9 Å². The van der Waals surface area contributed by atoms with Gasteiger partial charge in [0.25, 0.3) is 0 Å². The summed E-state index contributed by atoms with van der Waals surface area (Å²) in [5, 5.41) is 5.31. The molecule has 0 aliphatic heterocycles. The summed E-state index contributed by atoms with van der Waals surface area (Å²) < 4.78 is 1.92. The van der Waals surface area contributed by atoms with Gasteiger partial charge in [-0.2, -0.15) is 5.10 Å². The molecule has 1 unspecified atom stereocenters. The summed E-state index contributed by atoms with van der Waals surface area (Å²) in [5.41, 5.74) is 3.48. The summed E-state index contributed by atoms with van der Waals surface area (Å²) in [6.45, 7) is 2.09. The molecule has 4 heteroatoms. The lowest BCUT2D eigenvalue weighted by Crippen LogP contribution is -2.00. The molecular weight excluding hydrogens is 336 g/mol. The summed E-state index contributed by atoms with van der Waals surface area (Å²) in [5.74, 6) is 0. The van der Waals surface area contributed by atoms with Crippen LogP contribution in [-0.4, -0.2) is 9.78 Å². The molecule has 1 aromatic heterocycles. The number of halogens is 2. The molecule has 2 rings (SSSR count). The molecule has 2 nitrogen and oxygen atoms in total. The Labute approximate surface area is 134 Å². The highest BCUT2D eigenvalue weighted by molar-refractivity contribution is 9.09. The van der Waals surface area contributed by atoms with E-state index in [2.05, 4.69) is 52.2 Å². The van der Waals surface area contributed by atoms with E-state index in [9.17, 15) is 0 Å². The molecule has 20 heavy (non-hydrogen) atoms. The van der Waals surface area contributed by atoms with Crippen molar-refractivity contribution in [2.24, 2.45) is 7.05 Å². The average Bonchev–Trinajstić information content (AvgIpc) is 2.75. The quantitative estimate of drug-likeness (QED) is 0.660. The molecular formula is C16H20BrClN2. The summed E-state index contributed by atoms with van der Waals surface area (Å²) in [6.07, 6.45) is 4.04. The molecule has 1 heterocycles. The molecule has 1 aromatic carbocycles. The zero-order chi connectivity index (χ0) is 14.5. The van der Waals surface area contributed by atoms with Crippen LogP contribution in [-0.2, 0) is 19.9 Å². The van der Waals surface area contributed by atoms with Crippen molar-refractivity contribution in [1.82, 2.24) is 9.78 Å². The summed E-state index contributed by atoms with van der Waals surface area (Å²) in [6, 6.07) is 10.5. The van der Waals surface area contributed by atoms with E-state index < -0.39 is 0 Å². The Kier molecular flexibility index (Phi) is 5.67. The van der Waals surface area contributed by atoms with Crippen molar-refractivity contribution >= 4 is 27.5 Å². The number of aryl methyl sites for hydroxylation is 2. The Hall–Kier alpha value is -0.800. The number of nitrogens with zero attached hydrogens (tertiary/aromatic N) is 2. The van der Waals surface area contributed by atoms with Crippen molar-refractivity contribution < 1.29 is 0 Å². The Morgan fingerprint density at radius 3 is 2.60 bits per heavy atom. The Morgan fingerprint density at radius 2 is 2.00 bits per heavy atom. The zero-order valence-corrected chi connectivity index (χ0v) is 14.3. The Bertz CT molecular complexity index is 551. The van der Waals surface area contributed by atoms with Crippen LogP contribution >= 0.6 is 27.5 Å². The first-order chi connectivity index (χ1) is 9.63. The first kappa shape index (κ1) is 15.6. The van der Waals surface area contributed by atoms with Crippen LogP contribution in [0.3, 0.4) is 0 Å². The third kappa shape index (κ3) is 3.64. The minimum absolute atomic E-state index is 0.404. The van der Waals surface area contributed by atoms with Gasteiger partial charge >= 0.3 is 0 Å². The van der Waals surface area contributed by atoms with Crippen LogP contribution in [0.5, 0.6) is 0 Å². The summed E-state index contributed by atoms with van der Waals surface area (Å²) >= 11 is 10.1. The Balaban J connectivity index is 1.92. The normalized spacial score (nSPS) is 12.6. The minimum Gasteiger partial charge on any atom is -0.271 e. The number of benzene rings is 1. The Morgan fingerprint density at radius 1 is 1.30 bits per heavy atom. The fourth-order valence-electron chi connectivity index (χ4n) is 2.37. The third-order valence-electron chi connectivity index (χ3n) is 3.54. The summed E-state index contributed by atoms with van der Waals surface area (Å²) in [7, 11) is 1.98. The van der Waals surface area contributed by atoms with Gasteiger partial charge in [-0.05, 0) is 31.2 Å². The molecule has 0 bridgehead atoms. The van der Waals surface area contributed by atoms with E-state index in [0.29, 0.717) is 4.83 Å². The molecule has 0 saturated heterocycles. The lowest BCUT2D eigenvalue weighted by molar-refractivity contribution is 0.653. The lowest BCUT2D eigenvalue weighted by Gasteiger charge is -2.10. The number of alkyl halides is 1. The molecule has 0 N–H and O–H groups in total. The predicted molar refractivity (Wildman–Crippen MR) is 88.6 cm³/mol. The fraction of sp³-hybridized carbons (Fsp3) is 0.438. The van der Waals surface area contributed by atoms with Gasteiger partial charge in [-0.15, -0.1) is 0 Å². The van der Waals surface area contributed by atoms with Crippen LogP contribution < -0.4 is 0 Å². The first-order valence-corrected chi connectivity index (χ1v) is 8.32. The van der Waals surface area contributed by atoms with Crippen LogP contribution in [0.1, 0.15) is 41.5 Å². The van der Waals surface area contributed by atoms with E-state index in [4.69, 9.17) is 11.6 Å². The lowest BCUT2D eigenvalue weighted by atomic mass is 10.1. The van der Waals surface area contributed by atoms with Crippen LogP contribution in [0.2, 0.25) is 5.02 Å². The van der Waals surface area contributed by atoms with Crippen LogP contribution in [0.4, 0.5) is 0 Å². The van der Waals surface area contributed by atoms with Crippen molar-refractivity contribution in [3.05, 3.63) is 52.3 Å². The second-order valence-electron chi connectivity index (χ2n) is 4.95. The van der Waals surface area contributed by atoms with Gasteiger partial charge in [0.15, 0.2) is 0 Å². The standard InChI is InChI=1S/C16H20BrClN2/c1-3-14-16(18)15(20(2)19-14)11-7-10-13(17)12-8-5-4-6-9-12/h4-6,8-9,13H,3,7,10-11H2,1-2H3. The molecule has 1 atom stereocenters.